The number of rotatable bonds is 2. The number of Topliss-reactive ketones (excluding diaryl/α,β-unsaturated/α-hetero) is 1. The first-order valence-electron chi connectivity index (χ1n) is 5.72. The summed E-state index contributed by atoms with van der Waals surface area (Å²) < 4.78 is 0.689. The Bertz CT molecular complexity index is 670. The van der Waals surface area contributed by atoms with Gasteiger partial charge in [-0.05, 0) is 27.6 Å². The molecule has 0 atom stereocenters. The predicted octanol–water partition coefficient (Wildman–Crippen LogP) is 2.57. The second-order valence-corrected chi connectivity index (χ2v) is 5.15. The highest BCUT2D eigenvalue weighted by Crippen LogP contribution is 2.29. The van der Waals surface area contributed by atoms with Crippen LogP contribution in [0.25, 0.3) is 0 Å². The van der Waals surface area contributed by atoms with Gasteiger partial charge in [0.15, 0.2) is 0 Å². The van der Waals surface area contributed by atoms with Gasteiger partial charge in [-0.15, -0.1) is 0 Å². The van der Waals surface area contributed by atoms with Crippen LogP contribution in [-0.2, 0) is 11.3 Å². The highest BCUT2D eigenvalue weighted by Gasteiger charge is 2.37. The maximum Gasteiger partial charge on any atom is 0.301 e. The van der Waals surface area contributed by atoms with Gasteiger partial charge in [0.25, 0.3) is 5.78 Å². The number of carbonyl (C=O) groups is 2. The first-order chi connectivity index (χ1) is 9.16. The molecule has 1 aromatic heterocycles. The second kappa shape index (κ2) is 4.59. The fraction of sp³-hybridized carbons (Fsp3) is 0.0714. The minimum atomic E-state index is -0.524. The van der Waals surface area contributed by atoms with E-state index in [4.69, 9.17) is 0 Å². The molecule has 2 heterocycles. The van der Waals surface area contributed by atoms with Gasteiger partial charge in [0.05, 0.1) is 12.1 Å². The standard InChI is InChI=1S/C14H9BrN2O2/c15-10-6-11-12(18)14(19)17(13(11)16-7-10)8-9-4-2-1-3-5-9/h1-7H,8H2. The van der Waals surface area contributed by atoms with Gasteiger partial charge in [-0.1, -0.05) is 30.3 Å². The van der Waals surface area contributed by atoms with Gasteiger partial charge in [-0.25, -0.2) is 4.98 Å². The quantitative estimate of drug-likeness (QED) is 0.800. The number of nitrogens with zero attached hydrogens (tertiary/aromatic N) is 2. The molecule has 0 N–H and O–H groups in total. The third-order valence-electron chi connectivity index (χ3n) is 2.96. The number of halogens is 1. The molecule has 1 amide bonds. The molecule has 4 nitrogen and oxygen atoms in total. The van der Waals surface area contributed by atoms with Gasteiger partial charge in [-0.3, -0.25) is 14.5 Å². The number of carbonyl (C=O) groups excluding carboxylic acids is 2. The average molecular weight is 317 g/mol. The molecule has 5 heteroatoms. The van der Waals surface area contributed by atoms with Gasteiger partial charge in [0.1, 0.15) is 5.82 Å². The van der Waals surface area contributed by atoms with Gasteiger partial charge in [0, 0.05) is 10.7 Å². The topological polar surface area (TPSA) is 50.3 Å². The van der Waals surface area contributed by atoms with Crippen molar-refractivity contribution in [3.05, 3.63) is 58.2 Å². The van der Waals surface area contributed by atoms with Crippen molar-refractivity contribution in [2.45, 2.75) is 6.54 Å². The zero-order chi connectivity index (χ0) is 13.4. The summed E-state index contributed by atoms with van der Waals surface area (Å²) in [4.78, 5) is 29.5. The lowest BCUT2D eigenvalue weighted by Gasteiger charge is -2.15. The number of benzene rings is 1. The number of aromatic nitrogens is 1. The Morgan fingerprint density at radius 1 is 1.16 bits per heavy atom. The lowest BCUT2D eigenvalue weighted by atomic mass is 10.2. The van der Waals surface area contributed by atoms with Crippen molar-refractivity contribution in [3.8, 4) is 0 Å². The molecule has 1 aliphatic rings. The molecule has 2 aromatic rings. The molecule has 1 aromatic carbocycles. The van der Waals surface area contributed by atoms with E-state index in [1.807, 2.05) is 30.3 Å². The zero-order valence-electron chi connectivity index (χ0n) is 9.84. The van der Waals surface area contributed by atoms with E-state index in [1.165, 1.54) is 4.90 Å². The van der Waals surface area contributed by atoms with Crippen LogP contribution in [-0.4, -0.2) is 16.7 Å². The van der Waals surface area contributed by atoms with Crippen LogP contribution in [0.1, 0.15) is 15.9 Å². The number of hydrogen-bond donors (Lipinski definition) is 0. The molecule has 19 heavy (non-hydrogen) atoms. The summed E-state index contributed by atoms with van der Waals surface area (Å²) in [5.74, 6) is -0.591. The van der Waals surface area contributed by atoms with Crippen LogP contribution in [0.15, 0.2) is 47.1 Å². The van der Waals surface area contributed by atoms with E-state index in [9.17, 15) is 9.59 Å². The van der Waals surface area contributed by atoms with Gasteiger partial charge in [0.2, 0.25) is 0 Å². The van der Waals surface area contributed by atoms with E-state index < -0.39 is 11.7 Å². The molecule has 1 aliphatic heterocycles. The molecule has 0 unspecified atom stereocenters. The first-order valence-corrected chi connectivity index (χ1v) is 6.52. The number of ketones is 1. The predicted molar refractivity (Wildman–Crippen MR) is 73.9 cm³/mol. The van der Waals surface area contributed by atoms with Gasteiger partial charge >= 0.3 is 5.91 Å². The van der Waals surface area contributed by atoms with Crippen LogP contribution in [0.5, 0.6) is 0 Å². The fourth-order valence-electron chi connectivity index (χ4n) is 2.06. The van der Waals surface area contributed by atoms with E-state index in [0.717, 1.165) is 5.56 Å². The SMILES string of the molecule is O=C1C(=O)N(Cc2ccccc2)c2ncc(Br)cc21. The Morgan fingerprint density at radius 3 is 2.63 bits per heavy atom. The van der Waals surface area contributed by atoms with Gasteiger partial charge < -0.3 is 0 Å². The molecule has 0 fully saturated rings. The Morgan fingerprint density at radius 2 is 1.89 bits per heavy atom. The zero-order valence-corrected chi connectivity index (χ0v) is 11.4. The van der Waals surface area contributed by atoms with E-state index in [0.29, 0.717) is 22.4 Å². The summed E-state index contributed by atoms with van der Waals surface area (Å²) in [6, 6.07) is 11.2. The maximum absolute atomic E-state index is 12.0. The minimum absolute atomic E-state index is 0.354. The summed E-state index contributed by atoms with van der Waals surface area (Å²) >= 11 is 3.25. The van der Waals surface area contributed by atoms with Crippen molar-refractivity contribution >= 4 is 33.4 Å². The van der Waals surface area contributed by atoms with Crippen LogP contribution >= 0.6 is 15.9 Å². The Balaban J connectivity index is 2.00. The molecule has 0 aliphatic carbocycles. The number of anilines is 1. The van der Waals surface area contributed by atoms with E-state index in [2.05, 4.69) is 20.9 Å². The van der Waals surface area contributed by atoms with Crippen LogP contribution in [0.2, 0.25) is 0 Å². The summed E-state index contributed by atoms with van der Waals surface area (Å²) in [7, 11) is 0. The number of fused-ring (bicyclic) bond motifs is 1. The molecular weight excluding hydrogens is 308 g/mol. The van der Waals surface area contributed by atoms with Crippen LogP contribution in [0.3, 0.4) is 0 Å². The first kappa shape index (κ1) is 12.0. The maximum atomic E-state index is 12.0. The summed E-state index contributed by atoms with van der Waals surface area (Å²) in [5, 5.41) is 0. The monoisotopic (exact) mass is 316 g/mol. The molecule has 0 saturated heterocycles. The fourth-order valence-corrected chi connectivity index (χ4v) is 2.39. The van der Waals surface area contributed by atoms with Crippen LogP contribution < -0.4 is 4.90 Å². The number of pyridine rings is 1. The minimum Gasteiger partial charge on any atom is -0.285 e. The van der Waals surface area contributed by atoms with Crippen LogP contribution in [0.4, 0.5) is 5.82 Å². The van der Waals surface area contributed by atoms with Crippen molar-refractivity contribution in [3.63, 3.8) is 0 Å². The van der Waals surface area contributed by atoms with Gasteiger partial charge in [-0.2, -0.15) is 0 Å². The smallest absolute Gasteiger partial charge is 0.285 e. The lowest BCUT2D eigenvalue weighted by Crippen LogP contribution is -2.29. The molecule has 3 rings (SSSR count). The van der Waals surface area contributed by atoms with E-state index in [1.54, 1.807) is 12.3 Å². The van der Waals surface area contributed by atoms with Crippen molar-refractivity contribution in [1.29, 1.82) is 0 Å². The third kappa shape index (κ3) is 2.06. The Hall–Kier alpha value is -2.01. The van der Waals surface area contributed by atoms with E-state index in [-0.39, 0.29) is 0 Å². The highest BCUT2D eigenvalue weighted by atomic mass is 79.9. The highest BCUT2D eigenvalue weighted by molar-refractivity contribution is 9.10. The molecule has 0 spiro atoms. The van der Waals surface area contributed by atoms with Crippen molar-refractivity contribution in [2.24, 2.45) is 0 Å². The molecule has 0 radical (unpaired) electrons. The average Bonchev–Trinajstić information content (AvgIpc) is 2.65. The normalized spacial score (nSPS) is 13.8. The van der Waals surface area contributed by atoms with Crippen molar-refractivity contribution in [1.82, 2.24) is 4.98 Å². The molecular formula is C14H9BrN2O2. The Labute approximate surface area is 118 Å². The molecule has 0 saturated carbocycles. The van der Waals surface area contributed by atoms with E-state index >= 15 is 0 Å². The summed E-state index contributed by atoms with van der Waals surface area (Å²) in [6.07, 6.45) is 1.59. The summed E-state index contributed by atoms with van der Waals surface area (Å²) in [5.41, 5.74) is 1.32. The van der Waals surface area contributed by atoms with Crippen molar-refractivity contribution < 1.29 is 9.59 Å². The largest absolute Gasteiger partial charge is 0.301 e. The molecule has 0 bridgehead atoms. The Kier molecular flexibility index (Phi) is 2.91. The number of hydrogen-bond acceptors (Lipinski definition) is 3. The number of amides is 1. The van der Waals surface area contributed by atoms with Crippen molar-refractivity contribution in [2.75, 3.05) is 4.90 Å². The third-order valence-corrected chi connectivity index (χ3v) is 3.39. The second-order valence-electron chi connectivity index (χ2n) is 4.23. The lowest BCUT2D eigenvalue weighted by molar-refractivity contribution is -0.114. The van der Waals surface area contributed by atoms with Crippen LogP contribution in [0, 0.1) is 0 Å². The molecule has 94 valence electrons. The summed E-state index contributed by atoms with van der Waals surface area (Å²) in [6.45, 7) is 0.354.